The first kappa shape index (κ1) is 19.1. The number of nitrogens with two attached hydrogens (primary N) is 1. The monoisotopic (exact) mass is 417 g/mol. The molecule has 0 unspecified atom stereocenters. The van der Waals surface area contributed by atoms with E-state index in [9.17, 15) is 8.42 Å². The number of rotatable bonds is 8. The van der Waals surface area contributed by atoms with Crippen molar-refractivity contribution in [1.29, 1.82) is 0 Å². The summed E-state index contributed by atoms with van der Waals surface area (Å²) in [6.45, 7) is 4.14. The first-order valence-corrected chi connectivity index (χ1v) is 11.6. The fourth-order valence-electron chi connectivity index (χ4n) is 2.89. The Labute approximate surface area is 168 Å². The van der Waals surface area contributed by atoms with Crippen LogP contribution in [0.1, 0.15) is 37.3 Å². The standard InChI is InChI=1S/C19H23N5O2S2/c1-11(12-3-4-12)9-16(21-2)23-17-10-14(13-5-6-13)22-19(24-17)15-7-8-18(27-15)28(20,25)26/h7-10,12-13,21H,1,3-6H2,2H3,(H2,20,25,26)(H,22,23,24)/b16-9+. The van der Waals surface area contributed by atoms with Crippen LogP contribution >= 0.6 is 11.3 Å². The molecule has 28 heavy (non-hydrogen) atoms. The van der Waals surface area contributed by atoms with Gasteiger partial charge in [0.2, 0.25) is 10.0 Å². The fourth-order valence-corrected chi connectivity index (χ4v) is 4.55. The number of aromatic nitrogens is 2. The molecule has 2 aromatic rings. The second kappa shape index (κ2) is 7.31. The van der Waals surface area contributed by atoms with Crippen molar-refractivity contribution < 1.29 is 8.42 Å². The summed E-state index contributed by atoms with van der Waals surface area (Å²) in [5.41, 5.74) is 2.07. The normalized spacial score (nSPS) is 17.4. The van der Waals surface area contributed by atoms with Crippen molar-refractivity contribution in [3.8, 4) is 10.7 Å². The number of hydrogen-bond donors (Lipinski definition) is 3. The van der Waals surface area contributed by atoms with Gasteiger partial charge < -0.3 is 10.6 Å². The van der Waals surface area contributed by atoms with Gasteiger partial charge in [0.25, 0.3) is 0 Å². The number of nitrogens with zero attached hydrogens (tertiary/aromatic N) is 2. The summed E-state index contributed by atoms with van der Waals surface area (Å²) in [7, 11) is -1.89. The molecule has 0 bridgehead atoms. The third-order valence-corrected chi connectivity index (χ3v) is 7.31. The number of sulfonamides is 1. The molecule has 0 amide bonds. The predicted octanol–water partition coefficient (Wildman–Crippen LogP) is 3.17. The van der Waals surface area contributed by atoms with Crippen molar-refractivity contribution >= 4 is 27.2 Å². The quantitative estimate of drug-likeness (QED) is 0.569. The minimum atomic E-state index is -3.73. The number of hydrogen-bond acceptors (Lipinski definition) is 7. The molecule has 9 heteroatoms. The van der Waals surface area contributed by atoms with Crippen LogP contribution in [0.15, 0.2) is 46.5 Å². The summed E-state index contributed by atoms with van der Waals surface area (Å²) < 4.78 is 23.3. The maximum absolute atomic E-state index is 11.6. The molecule has 2 aliphatic carbocycles. The van der Waals surface area contributed by atoms with Crippen LogP contribution in [0, 0.1) is 5.92 Å². The van der Waals surface area contributed by atoms with Crippen molar-refractivity contribution in [3.63, 3.8) is 0 Å². The highest BCUT2D eigenvalue weighted by Crippen LogP contribution is 2.41. The Balaban J connectivity index is 1.66. The van der Waals surface area contributed by atoms with Crippen LogP contribution < -0.4 is 15.8 Å². The summed E-state index contributed by atoms with van der Waals surface area (Å²) in [5.74, 6) is 3.00. The molecule has 0 radical (unpaired) electrons. The Morgan fingerprint density at radius 2 is 2.04 bits per heavy atom. The molecular formula is C19H23N5O2S2. The SMILES string of the molecule is C=C(/C=C(\NC)Nc1cc(C2CC2)nc(-c2ccc(S(N)(=O)=O)s2)n1)C1CC1. The third kappa shape index (κ3) is 4.43. The van der Waals surface area contributed by atoms with Crippen LogP contribution in [-0.2, 0) is 10.0 Å². The zero-order valence-electron chi connectivity index (χ0n) is 15.6. The number of thiophene rings is 1. The Morgan fingerprint density at radius 1 is 1.29 bits per heavy atom. The van der Waals surface area contributed by atoms with Gasteiger partial charge in [-0.3, -0.25) is 0 Å². The van der Waals surface area contributed by atoms with E-state index in [1.807, 2.05) is 19.2 Å². The maximum atomic E-state index is 11.6. The molecule has 2 fully saturated rings. The predicted molar refractivity (Wildman–Crippen MR) is 111 cm³/mol. The fraction of sp³-hybridized carbons (Fsp3) is 0.368. The Kier molecular flexibility index (Phi) is 4.98. The van der Waals surface area contributed by atoms with E-state index in [1.54, 1.807) is 6.07 Å². The molecule has 0 aliphatic heterocycles. The van der Waals surface area contributed by atoms with E-state index in [2.05, 4.69) is 27.2 Å². The molecule has 2 saturated carbocycles. The van der Waals surface area contributed by atoms with Crippen LogP contribution in [0.2, 0.25) is 0 Å². The molecule has 0 spiro atoms. The smallest absolute Gasteiger partial charge is 0.247 e. The van der Waals surface area contributed by atoms with Crippen LogP contribution in [0.3, 0.4) is 0 Å². The highest BCUT2D eigenvalue weighted by atomic mass is 32.2. The van der Waals surface area contributed by atoms with Gasteiger partial charge in [-0.25, -0.2) is 23.5 Å². The first-order valence-electron chi connectivity index (χ1n) is 9.21. The lowest BCUT2D eigenvalue weighted by atomic mass is 10.2. The summed E-state index contributed by atoms with van der Waals surface area (Å²) in [6, 6.07) is 5.15. The number of primary sulfonamides is 1. The lowest BCUT2D eigenvalue weighted by Gasteiger charge is -2.13. The topological polar surface area (TPSA) is 110 Å². The zero-order valence-corrected chi connectivity index (χ0v) is 17.2. The van der Waals surface area contributed by atoms with Crippen molar-refractivity contribution in [1.82, 2.24) is 15.3 Å². The molecule has 0 aromatic carbocycles. The molecule has 4 N–H and O–H groups in total. The van der Waals surface area contributed by atoms with Crippen molar-refractivity contribution in [3.05, 3.63) is 47.9 Å². The van der Waals surface area contributed by atoms with Gasteiger partial charge in [0.15, 0.2) is 5.82 Å². The second-order valence-corrected chi connectivity index (χ2v) is 10.1. The molecule has 7 nitrogen and oxygen atoms in total. The Bertz CT molecular complexity index is 1050. The maximum Gasteiger partial charge on any atom is 0.247 e. The summed E-state index contributed by atoms with van der Waals surface area (Å²) in [6.07, 6.45) is 6.62. The second-order valence-electron chi connectivity index (χ2n) is 7.22. The van der Waals surface area contributed by atoms with Crippen LogP contribution in [-0.4, -0.2) is 25.4 Å². The lowest BCUT2D eigenvalue weighted by molar-refractivity contribution is 0.600. The molecule has 2 aliphatic rings. The highest BCUT2D eigenvalue weighted by Gasteiger charge is 2.27. The Hall–Kier alpha value is -2.23. The molecule has 2 aromatic heterocycles. The van der Waals surface area contributed by atoms with E-state index in [-0.39, 0.29) is 4.21 Å². The minimum absolute atomic E-state index is 0.106. The summed E-state index contributed by atoms with van der Waals surface area (Å²) in [4.78, 5) is 9.94. The van der Waals surface area contributed by atoms with Crippen LogP contribution in [0.4, 0.5) is 5.82 Å². The molecular weight excluding hydrogens is 394 g/mol. The largest absolute Gasteiger partial charge is 0.375 e. The number of nitrogens with one attached hydrogen (secondary N) is 2. The molecule has 2 heterocycles. The van der Waals surface area contributed by atoms with Gasteiger partial charge in [0.05, 0.1) is 4.88 Å². The van der Waals surface area contributed by atoms with E-state index >= 15 is 0 Å². The zero-order chi connectivity index (χ0) is 19.9. The summed E-state index contributed by atoms with van der Waals surface area (Å²) >= 11 is 1.08. The number of anilines is 1. The van der Waals surface area contributed by atoms with E-state index in [4.69, 9.17) is 5.14 Å². The van der Waals surface area contributed by atoms with Gasteiger partial charge in [-0.15, -0.1) is 11.3 Å². The molecule has 148 valence electrons. The molecule has 0 saturated heterocycles. The van der Waals surface area contributed by atoms with Gasteiger partial charge in [-0.05, 0) is 55.4 Å². The van der Waals surface area contributed by atoms with E-state index < -0.39 is 10.0 Å². The highest BCUT2D eigenvalue weighted by molar-refractivity contribution is 7.91. The third-order valence-electron chi connectivity index (χ3n) is 4.79. The van der Waals surface area contributed by atoms with Gasteiger partial charge in [0.1, 0.15) is 15.8 Å². The van der Waals surface area contributed by atoms with E-state index in [0.717, 1.165) is 41.3 Å². The van der Waals surface area contributed by atoms with Crippen molar-refractivity contribution in [2.45, 2.75) is 35.8 Å². The minimum Gasteiger partial charge on any atom is -0.375 e. The van der Waals surface area contributed by atoms with Crippen LogP contribution in [0.5, 0.6) is 0 Å². The first-order chi connectivity index (χ1) is 13.3. The van der Waals surface area contributed by atoms with Gasteiger partial charge in [-0.2, -0.15) is 0 Å². The van der Waals surface area contributed by atoms with Gasteiger partial charge >= 0.3 is 0 Å². The number of allylic oxidation sites excluding steroid dienone is 2. The average molecular weight is 418 g/mol. The molecule has 0 atom stereocenters. The van der Waals surface area contributed by atoms with Crippen molar-refractivity contribution in [2.24, 2.45) is 11.1 Å². The van der Waals surface area contributed by atoms with Gasteiger partial charge in [-0.1, -0.05) is 6.58 Å². The van der Waals surface area contributed by atoms with Gasteiger partial charge in [0, 0.05) is 24.7 Å². The Morgan fingerprint density at radius 3 is 2.61 bits per heavy atom. The van der Waals surface area contributed by atoms with E-state index in [1.165, 1.54) is 18.9 Å². The van der Waals surface area contributed by atoms with Crippen LogP contribution in [0.25, 0.3) is 10.7 Å². The summed E-state index contributed by atoms with van der Waals surface area (Å²) in [5, 5.41) is 11.7. The molecule has 4 rings (SSSR count). The van der Waals surface area contributed by atoms with Crippen molar-refractivity contribution in [2.75, 3.05) is 12.4 Å². The van der Waals surface area contributed by atoms with E-state index in [0.29, 0.717) is 28.4 Å². The average Bonchev–Trinajstić information content (AvgIpc) is 3.57. The lowest BCUT2D eigenvalue weighted by Crippen LogP contribution is -2.16.